The summed E-state index contributed by atoms with van der Waals surface area (Å²) in [6, 6.07) is 1.93. The fourth-order valence-corrected chi connectivity index (χ4v) is 1.37. The molecule has 1 aromatic carbocycles. The van der Waals surface area contributed by atoms with E-state index in [9.17, 15) is 8.78 Å². The molecule has 0 saturated heterocycles. The zero-order valence-electron chi connectivity index (χ0n) is 10.2. The van der Waals surface area contributed by atoms with Crippen LogP contribution in [0.15, 0.2) is 12.1 Å². The molecule has 1 rings (SSSR count). The first-order chi connectivity index (χ1) is 8.06. The van der Waals surface area contributed by atoms with Crippen molar-refractivity contribution in [3.63, 3.8) is 0 Å². The third kappa shape index (κ3) is 4.03. The van der Waals surface area contributed by atoms with Gasteiger partial charge >= 0.3 is 0 Å². The Morgan fingerprint density at radius 1 is 1.24 bits per heavy atom. The van der Waals surface area contributed by atoms with E-state index in [0.29, 0.717) is 18.8 Å². The number of aryl methyl sites for hydroxylation is 1. The highest BCUT2D eigenvalue weighted by Gasteiger charge is 2.13. The SMILES string of the molecule is COCCONC(C)c1cc(F)c(C)cc1F. The summed E-state index contributed by atoms with van der Waals surface area (Å²) in [6.45, 7) is 4.00. The van der Waals surface area contributed by atoms with Gasteiger partial charge < -0.3 is 4.74 Å². The molecule has 0 amide bonds. The fraction of sp³-hybridized carbons (Fsp3) is 0.500. The number of ether oxygens (including phenoxy) is 1. The number of hydrogen-bond donors (Lipinski definition) is 1. The molecule has 96 valence electrons. The lowest BCUT2D eigenvalue weighted by Crippen LogP contribution is -2.22. The Morgan fingerprint density at radius 2 is 1.94 bits per heavy atom. The molecule has 1 aromatic rings. The summed E-state index contributed by atoms with van der Waals surface area (Å²) in [5.74, 6) is -0.869. The highest BCUT2D eigenvalue weighted by Crippen LogP contribution is 2.20. The molecule has 0 aliphatic rings. The van der Waals surface area contributed by atoms with Crippen LogP contribution in [-0.4, -0.2) is 20.3 Å². The van der Waals surface area contributed by atoms with Crippen molar-refractivity contribution in [3.05, 3.63) is 34.9 Å². The van der Waals surface area contributed by atoms with Gasteiger partial charge in [-0.3, -0.25) is 4.84 Å². The molecule has 0 spiro atoms. The molecule has 1 N–H and O–H groups in total. The van der Waals surface area contributed by atoms with Gasteiger partial charge in [0.1, 0.15) is 11.6 Å². The van der Waals surface area contributed by atoms with Crippen LogP contribution < -0.4 is 5.48 Å². The molecule has 0 heterocycles. The second-order valence-corrected chi connectivity index (χ2v) is 3.80. The van der Waals surface area contributed by atoms with Crippen molar-refractivity contribution in [2.24, 2.45) is 0 Å². The van der Waals surface area contributed by atoms with Crippen LogP contribution in [-0.2, 0) is 9.57 Å². The first-order valence-electron chi connectivity index (χ1n) is 5.38. The van der Waals surface area contributed by atoms with E-state index in [-0.39, 0.29) is 5.56 Å². The van der Waals surface area contributed by atoms with Crippen molar-refractivity contribution >= 4 is 0 Å². The molecule has 5 heteroatoms. The lowest BCUT2D eigenvalue weighted by molar-refractivity contribution is -0.00982. The first-order valence-corrected chi connectivity index (χ1v) is 5.38. The Hall–Kier alpha value is -1.04. The maximum atomic E-state index is 13.6. The molecule has 0 fully saturated rings. The van der Waals surface area contributed by atoms with Gasteiger partial charge in [0.2, 0.25) is 0 Å². The predicted molar refractivity (Wildman–Crippen MR) is 60.5 cm³/mol. The fourth-order valence-electron chi connectivity index (χ4n) is 1.37. The van der Waals surface area contributed by atoms with Gasteiger partial charge in [-0.25, -0.2) is 8.78 Å². The van der Waals surface area contributed by atoms with E-state index in [2.05, 4.69) is 5.48 Å². The number of benzene rings is 1. The normalized spacial score (nSPS) is 12.8. The summed E-state index contributed by atoms with van der Waals surface area (Å²) in [7, 11) is 1.56. The Kier molecular flexibility index (Phi) is 5.47. The van der Waals surface area contributed by atoms with Crippen LogP contribution in [0.25, 0.3) is 0 Å². The Morgan fingerprint density at radius 3 is 2.59 bits per heavy atom. The van der Waals surface area contributed by atoms with Gasteiger partial charge in [-0.1, -0.05) is 0 Å². The zero-order valence-corrected chi connectivity index (χ0v) is 10.2. The third-order valence-corrected chi connectivity index (χ3v) is 2.39. The number of hydrogen-bond acceptors (Lipinski definition) is 3. The van der Waals surface area contributed by atoms with Crippen molar-refractivity contribution in [3.8, 4) is 0 Å². The number of halogens is 2. The van der Waals surface area contributed by atoms with Crippen LogP contribution in [0.3, 0.4) is 0 Å². The number of hydroxylamine groups is 1. The van der Waals surface area contributed by atoms with E-state index < -0.39 is 17.7 Å². The Balaban J connectivity index is 2.62. The third-order valence-electron chi connectivity index (χ3n) is 2.39. The minimum Gasteiger partial charge on any atom is -0.382 e. The van der Waals surface area contributed by atoms with Crippen LogP contribution in [0.1, 0.15) is 24.1 Å². The topological polar surface area (TPSA) is 30.5 Å². The largest absolute Gasteiger partial charge is 0.382 e. The molecule has 3 nitrogen and oxygen atoms in total. The maximum Gasteiger partial charge on any atom is 0.128 e. The highest BCUT2D eigenvalue weighted by molar-refractivity contribution is 5.27. The number of rotatable bonds is 6. The van der Waals surface area contributed by atoms with Crippen LogP contribution in [0.2, 0.25) is 0 Å². The van der Waals surface area contributed by atoms with Crippen molar-refractivity contribution < 1.29 is 18.4 Å². The van der Waals surface area contributed by atoms with Crippen molar-refractivity contribution in [2.75, 3.05) is 20.3 Å². The van der Waals surface area contributed by atoms with Gasteiger partial charge in [-0.15, -0.1) is 0 Å². The average Bonchev–Trinajstić information content (AvgIpc) is 2.29. The maximum absolute atomic E-state index is 13.6. The molecule has 0 aliphatic heterocycles. The van der Waals surface area contributed by atoms with Crippen LogP contribution in [0.5, 0.6) is 0 Å². The van der Waals surface area contributed by atoms with E-state index >= 15 is 0 Å². The number of nitrogens with one attached hydrogen (secondary N) is 1. The molecular formula is C12H17F2NO2. The molecule has 17 heavy (non-hydrogen) atoms. The molecule has 0 saturated carbocycles. The van der Waals surface area contributed by atoms with Gasteiger partial charge in [-0.2, -0.15) is 5.48 Å². The molecule has 0 bridgehead atoms. The summed E-state index contributed by atoms with van der Waals surface area (Å²) in [5, 5.41) is 0. The van der Waals surface area contributed by atoms with E-state index in [1.54, 1.807) is 14.0 Å². The molecule has 0 radical (unpaired) electrons. The minimum absolute atomic E-state index is 0.241. The van der Waals surface area contributed by atoms with Gasteiger partial charge in [-0.05, 0) is 31.5 Å². The first kappa shape index (κ1) is 14.0. The van der Waals surface area contributed by atoms with Gasteiger partial charge in [0.05, 0.1) is 19.3 Å². The average molecular weight is 245 g/mol. The molecule has 0 aromatic heterocycles. The molecule has 0 aliphatic carbocycles. The van der Waals surface area contributed by atoms with Gasteiger partial charge in [0, 0.05) is 12.7 Å². The van der Waals surface area contributed by atoms with Crippen LogP contribution >= 0.6 is 0 Å². The standard InChI is InChI=1S/C12H17F2NO2/c1-8-6-12(14)10(7-11(8)13)9(2)15-17-5-4-16-3/h6-7,9,15H,4-5H2,1-3H3. The second kappa shape index (κ2) is 6.64. The summed E-state index contributed by atoms with van der Waals surface area (Å²) >= 11 is 0. The summed E-state index contributed by atoms with van der Waals surface area (Å²) in [6.07, 6.45) is 0. The summed E-state index contributed by atoms with van der Waals surface area (Å²) < 4.78 is 31.7. The zero-order chi connectivity index (χ0) is 12.8. The van der Waals surface area contributed by atoms with Crippen molar-refractivity contribution in [2.45, 2.75) is 19.9 Å². The second-order valence-electron chi connectivity index (χ2n) is 3.80. The van der Waals surface area contributed by atoms with Gasteiger partial charge in [0.15, 0.2) is 0 Å². The minimum atomic E-state index is -0.445. The van der Waals surface area contributed by atoms with E-state index in [1.807, 2.05) is 0 Å². The van der Waals surface area contributed by atoms with E-state index in [1.165, 1.54) is 19.1 Å². The summed E-state index contributed by atoms with van der Waals surface area (Å²) in [5.41, 5.74) is 3.17. The van der Waals surface area contributed by atoms with Crippen molar-refractivity contribution in [1.29, 1.82) is 0 Å². The summed E-state index contributed by atoms with van der Waals surface area (Å²) in [4.78, 5) is 5.05. The number of methoxy groups -OCH3 is 1. The molecular weight excluding hydrogens is 228 g/mol. The van der Waals surface area contributed by atoms with Crippen LogP contribution in [0.4, 0.5) is 8.78 Å². The Labute approximate surface area is 99.7 Å². The van der Waals surface area contributed by atoms with Crippen molar-refractivity contribution in [1.82, 2.24) is 5.48 Å². The molecule has 1 unspecified atom stereocenters. The smallest absolute Gasteiger partial charge is 0.128 e. The molecule has 1 atom stereocenters. The van der Waals surface area contributed by atoms with Crippen LogP contribution in [0, 0.1) is 18.6 Å². The Bertz CT molecular complexity index is 372. The van der Waals surface area contributed by atoms with E-state index in [0.717, 1.165) is 0 Å². The van der Waals surface area contributed by atoms with E-state index in [4.69, 9.17) is 9.57 Å². The monoisotopic (exact) mass is 245 g/mol. The highest BCUT2D eigenvalue weighted by atomic mass is 19.1. The quantitative estimate of drug-likeness (QED) is 0.617. The lowest BCUT2D eigenvalue weighted by atomic mass is 10.1. The van der Waals surface area contributed by atoms with Gasteiger partial charge in [0.25, 0.3) is 0 Å². The lowest BCUT2D eigenvalue weighted by Gasteiger charge is -2.15. The predicted octanol–water partition coefficient (Wildman–Crippen LogP) is 2.50.